The normalized spacial score (nSPS) is 12.3. The molecule has 1 heterocycles. The van der Waals surface area contributed by atoms with Crippen LogP contribution in [0.3, 0.4) is 0 Å². The Morgan fingerprint density at radius 3 is 2.94 bits per heavy atom. The van der Waals surface area contributed by atoms with Gasteiger partial charge in [0.1, 0.15) is 11.9 Å². The smallest absolute Gasteiger partial charge is 0.248 e. The molecule has 0 aliphatic heterocycles. The SMILES string of the molecule is NC(=O)C(O)CNc1nccc2c(Br)cccc12. The van der Waals surface area contributed by atoms with Crippen molar-refractivity contribution in [3.63, 3.8) is 0 Å². The molecule has 18 heavy (non-hydrogen) atoms. The number of carbonyl (C=O) groups excluding carboxylic acids is 1. The predicted molar refractivity (Wildman–Crippen MR) is 73.1 cm³/mol. The molecule has 1 aromatic heterocycles. The molecule has 2 rings (SSSR count). The molecule has 1 atom stereocenters. The second-order valence-electron chi connectivity index (χ2n) is 3.79. The van der Waals surface area contributed by atoms with E-state index < -0.39 is 12.0 Å². The highest BCUT2D eigenvalue weighted by Crippen LogP contribution is 2.27. The average Bonchev–Trinajstić information content (AvgIpc) is 2.36. The first-order chi connectivity index (χ1) is 8.59. The summed E-state index contributed by atoms with van der Waals surface area (Å²) in [4.78, 5) is 14.9. The van der Waals surface area contributed by atoms with Crippen LogP contribution in [0.1, 0.15) is 0 Å². The van der Waals surface area contributed by atoms with Crippen molar-refractivity contribution in [1.29, 1.82) is 0 Å². The van der Waals surface area contributed by atoms with Crippen molar-refractivity contribution in [2.24, 2.45) is 5.73 Å². The summed E-state index contributed by atoms with van der Waals surface area (Å²) in [5, 5.41) is 14.2. The first-order valence-electron chi connectivity index (χ1n) is 5.34. The number of nitrogens with zero attached hydrogens (tertiary/aromatic N) is 1. The lowest BCUT2D eigenvalue weighted by Crippen LogP contribution is -2.34. The minimum Gasteiger partial charge on any atom is -0.381 e. The number of aromatic nitrogens is 1. The zero-order valence-electron chi connectivity index (χ0n) is 9.43. The van der Waals surface area contributed by atoms with Crippen molar-refractivity contribution in [3.05, 3.63) is 34.9 Å². The molecule has 0 spiro atoms. The van der Waals surface area contributed by atoms with Crippen LogP contribution in [0.5, 0.6) is 0 Å². The highest BCUT2D eigenvalue weighted by Gasteiger charge is 2.11. The van der Waals surface area contributed by atoms with Crippen LogP contribution in [0.4, 0.5) is 5.82 Å². The number of aliphatic hydroxyl groups is 1. The van der Waals surface area contributed by atoms with Gasteiger partial charge in [-0.05, 0) is 12.1 Å². The minimum atomic E-state index is -1.23. The number of fused-ring (bicyclic) bond motifs is 1. The van der Waals surface area contributed by atoms with E-state index in [-0.39, 0.29) is 6.54 Å². The highest BCUT2D eigenvalue weighted by atomic mass is 79.9. The number of carbonyl (C=O) groups is 1. The Morgan fingerprint density at radius 2 is 2.22 bits per heavy atom. The molecular weight excluding hydrogens is 298 g/mol. The minimum absolute atomic E-state index is 0.0357. The number of halogens is 1. The number of pyridine rings is 1. The van der Waals surface area contributed by atoms with Crippen molar-refractivity contribution in [3.8, 4) is 0 Å². The van der Waals surface area contributed by atoms with Crippen LogP contribution in [0.15, 0.2) is 34.9 Å². The maximum absolute atomic E-state index is 10.7. The summed E-state index contributed by atoms with van der Waals surface area (Å²) in [6, 6.07) is 7.62. The van der Waals surface area contributed by atoms with Gasteiger partial charge in [0, 0.05) is 21.4 Å². The highest BCUT2D eigenvalue weighted by molar-refractivity contribution is 9.10. The summed E-state index contributed by atoms with van der Waals surface area (Å²) in [5.41, 5.74) is 4.98. The summed E-state index contributed by atoms with van der Waals surface area (Å²) >= 11 is 3.46. The molecule has 0 fully saturated rings. The maximum Gasteiger partial charge on any atom is 0.248 e. The standard InChI is InChI=1S/C12H12BrN3O2/c13-9-3-1-2-8-7(9)4-5-15-12(8)16-6-10(17)11(14)18/h1-5,10,17H,6H2,(H2,14,18)(H,15,16). The summed E-state index contributed by atoms with van der Waals surface area (Å²) in [6.45, 7) is 0.0357. The average molecular weight is 310 g/mol. The van der Waals surface area contributed by atoms with Crippen molar-refractivity contribution >= 4 is 38.4 Å². The molecular formula is C12H12BrN3O2. The van der Waals surface area contributed by atoms with Crippen molar-refractivity contribution in [1.82, 2.24) is 4.98 Å². The number of amides is 1. The molecule has 4 N–H and O–H groups in total. The van der Waals surface area contributed by atoms with Crippen molar-refractivity contribution in [2.45, 2.75) is 6.10 Å². The Morgan fingerprint density at radius 1 is 1.44 bits per heavy atom. The number of rotatable bonds is 4. The lowest BCUT2D eigenvalue weighted by atomic mass is 10.1. The molecule has 0 aliphatic carbocycles. The Labute approximate surface area is 112 Å². The Hall–Kier alpha value is -1.66. The molecule has 94 valence electrons. The van der Waals surface area contributed by atoms with Gasteiger partial charge in [-0.2, -0.15) is 0 Å². The third kappa shape index (κ3) is 2.60. The number of hydrogen-bond acceptors (Lipinski definition) is 4. The summed E-state index contributed by atoms with van der Waals surface area (Å²) in [6.07, 6.45) is 0.431. The van der Waals surface area contributed by atoms with Crippen LogP contribution < -0.4 is 11.1 Å². The molecule has 0 radical (unpaired) electrons. The summed E-state index contributed by atoms with van der Waals surface area (Å²) in [7, 11) is 0. The number of benzene rings is 1. The number of aliphatic hydroxyl groups excluding tert-OH is 1. The first kappa shape index (κ1) is 12.8. The fraction of sp³-hybridized carbons (Fsp3) is 0.167. The molecule has 6 heteroatoms. The van der Waals surface area contributed by atoms with Gasteiger partial charge in [-0.25, -0.2) is 4.98 Å². The number of nitrogens with two attached hydrogens (primary N) is 1. The van der Waals surface area contributed by atoms with Gasteiger partial charge in [0.05, 0.1) is 6.54 Å². The zero-order valence-corrected chi connectivity index (χ0v) is 11.0. The molecule has 5 nitrogen and oxygen atoms in total. The Bertz CT molecular complexity index is 589. The quantitative estimate of drug-likeness (QED) is 0.793. The maximum atomic E-state index is 10.7. The Kier molecular flexibility index (Phi) is 3.78. The van der Waals surface area contributed by atoms with E-state index in [0.717, 1.165) is 15.2 Å². The van der Waals surface area contributed by atoms with Crippen LogP contribution in [-0.4, -0.2) is 28.6 Å². The van der Waals surface area contributed by atoms with Crippen LogP contribution in [0.25, 0.3) is 10.8 Å². The second kappa shape index (κ2) is 5.32. The van der Waals surface area contributed by atoms with Gasteiger partial charge in [-0.15, -0.1) is 0 Å². The van der Waals surface area contributed by atoms with Gasteiger partial charge >= 0.3 is 0 Å². The molecule has 0 aliphatic rings. The van der Waals surface area contributed by atoms with Crippen molar-refractivity contribution < 1.29 is 9.90 Å². The summed E-state index contributed by atoms with van der Waals surface area (Å²) in [5.74, 6) is -0.155. The van der Waals surface area contributed by atoms with Crippen LogP contribution >= 0.6 is 15.9 Å². The van der Waals surface area contributed by atoms with E-state index in [1.807, 2.05) is 24.3 Å². The molecule has 1 amide bonds. The third-order valence-corrected chi connectivity index (χ3v) is 3.24. The van der Waals surface area contributed by atoms with E-state index in [1.165, 1.54) is 0 Å². The molecule has 0 saturated heterocycles. The molecule has 1 unspecified atom stereocenters. The fourth-order valence-electron chi connectivity index (χ4n) is 1.60. The fourth-order valence-corrected chi connectivity index (χ4v) is 2.10. The molecule has 0 saturated carbocycles. The van der Waals surface area contributed by atoms with Crippen molar-refractivity contribution in [2.75, 3.05) is 11.9 Å². The van der Waals surface area contributed by atoms with E-state index in [2.05, 4.69) is 26.2 Å². The van der Waals surface area contributed by atoms with Gasteiger partial charge in [-0.1, -0.05) is 28.1 Å². The van der Waals surface area contributed by atoms with Gasteiger partial charge in [0.15, 0.2) is 0 Å². The van der Waals surface area contributed by atoms with Gasteiger partial charge in [0.25, 0.3) is 0 Å². The van der Waals surface area contributed by atoms with Gasteiger partial charge in [-0.3, -0.25) is 4.79 Å². The monoisotopic (exact) mass is 309 g/mol. The van der Waals surface area contributed by atoms with E-state index in [4.69, 9.17) is 5.73 Å². The van der Waals surface area contributed by atoms with E-state index in [0.29, 0.717) is 5.82 Å². The predicted octanol–water partition coefficient (Wildman–Crippen LogP) is 1.26. The Balaban J connectivity index is 2.29. The molecule has 1 aromatic carbocycles. The van der Waals surface area contributed by atoms with E-state index in [9.17, 15) is 9.90 Å². The lowest BCUT2D eigenvalue weighted by Gasteiger charge is -2.11. The lowest BCUT2D eigenvalue weighted by molar-refractivity contribution is -0.125. The largest absolute Gasteiger partial charge is 0.381 e. The van der Waals surface area contributed by atoms with Gasteiger partial charge in [0.2, 0.25) is 5.91 Å². The first-order valence-corrected chi connectivity index (χ1v) is 6.13. The van der Waals surface area contributed by atoms with Crippen LogP contribution in [0, 0.1) is 0 Å². The number of primary amides is 1. The van der Waals surface area contributed by atoms with Gasteiger partial charge < -0.3 is 16.2 Å². The number of anilines is 1. The van der Waals surface area contributed by atoms with E-state index in [1.54, 1.807) is 6.20 Å². The molecule has 0 bridgehead atoms. The summed E-state index contributed by atoms with van der Waals surface area (Å²) < 4.78 is 0.959. The third-order valence-electron chi connectivity index (χ3n) is 2.54. The number of hydrogen-bond donors (Lipinski definition) is 3. The van der Waals surface area contributed by atoms with Crippen LogP contribution in [0.2, 0.25) is 0 Å². The number of nitrogens with one attached hydrogen (secondary N) is 1. The van der Waals surface area contributed by atoms with E-state index >= 15 is 0 Å². The van der Waals surface area contributed by atoms with Crippen LogP contribution in [-0.2, 0) is 4.79 Å². The second-order valence-corrected chi connectivity index (χ2v) is 4.65. The molecule has 2 aromatic rings. The topological polar surface area (TPSA) is 88.2 Å². The zero-order chi connectivity index (χ0) is 13.1.